The van der Waals surface area contributed by atoms with Crippen LogP contribution in [0.15, 0.2) is 29.2 Å². The van der Waals surface area contributed by atoms with Gasteiger partial charge >= 0.3 is 0 Å². The van der Waals surface area contributed by atoms with Gasteiger partial charge in [0.2, 0.25) is 0 Å². The van der Waals surface area contributed by atoms with Crippen molar-refractivity contribution in [3.8, 4) is 0 Å². The average Bonchev–Trinajstić information content (AvgIpc) is 2.61. The van der Waals surface area contributed by atoms with E-state index in [4.69, 9.17) is 0 Å². The van der Waals surface area contributed by atoms with E-state index >= 15 is 0 Å². The van der Waals surface area contributed by atoms with Gasteiger partial charge in [-0.2, -0.15) is 0 Å². The van der Waals surface area contributed by atoms with E-state index in [1.807, 2.05) is 18.2 Å². The molecule has 21 heavy (non-hydrogen) atoms. The number of hydrogen-bond donors (Lipinski definition) is 1. The summed E-state index contributed by atoms with van der Waals surface area (Å²) >= 11 is 0. The Morgan fingerprint density at radius 1 is 1.24 bits per heavy atom. The molecular formula is C17H27NO2S. The minimum Gasteiger partial charge on any atom is -0.312 e. The molecule has 2 rings (SSSR count). The zero-order chi connectivity index (χ0) is 15.8. The predicted octanol–water partition coefficient (Wildman–Crippen LogP) is 3.22. The van der Waals surface area contributed by atoms with E-state index in [1.165, 1.54) is 0 Å². The smallest absolute Gasteiger partial charge is 0.179 e. The van der Waals surface area contributed by atoms with Gasteiger partial charge in [-0.05, 0) is 50.8 Å². The van der Waals surface area contributed by atoms with Crippen LogP contribution in [0.2, 0.25) is 0 Å². The van der Waals surface area contributed by atoms with Gasteiger partial charge in [0, 0.05) is 11.5 Å². The molecule has 1 aliphatic rings. The minimum atomic E-state index is -3.11. The standard InChI is InChI=1S/C17H27NO2S/c1-12(2)14(10-18-17(3,4)5)15-11-21(19,20)16-9-7-6-8-13(15)16/h6-9,12,14-15,18H,10-11H2,1-5H3. The summed E-state index contributed by atoms with van der Waals surface area (Å²) in [5.41, 5.74) is 1.05. The average molecular weight is 309 g/mol. The zero-order valence-corrected chi connectivity index (χ0v) is 14.5. The minimum absolute atomic E-state index is 0.0458. The van der Waals surface area contributed by atoms with Gasteiger partial charge in [0.05, 0.1) is 10.6 Å². The second kappa shape index (κ2) is 5.73. The summed E-state index contributed by atoms with van der Waals surface area (Å²) in [5, 5.41) is 3.54. The molecule has 0 spiro atoms. The number of nitrogens with one attached hydrogen (secondary N) is 1. The lowest BCUT2D eigenvalue weighted by Gasteiger charge is -2.31. The maximum Gasteiger partial charge on any atom is 0.179 e. The highest BCUT2D eigenvalue weighted by Crippen LogP contribution is 2.41. The zero-order valence-electron chi connectivity index (χ0n) is 13.7. The van der Waals surface area contributed by atoms with Gasteiger partial charge in [-0.1, -0.05) is 32.0 Å². The first-order valence-electron chi connectivity index (χ1n) is 7.68. The van der Waals surface area contributed by atoms with Crippen molar-refractivity contribution in [2.45, 2.75) is 51.0 Å². The molecule has 0 fully saturated rings. The molecular weight excluding hydrogens is 282 g/mol. The Balaban J connectivity index is 2.31. The van der Waals surface area contributed by atoms with Crippen LogP contribution in [0.1, 0.15) is 46.1 Å². The molecule has 1 aliphatic heterocycles. The number of hydrogen-bond acceptors (Lipinski definition) is 3. The van der Waals surface area contributed by atoms with Gasteiger partial charge in [0.1, 0.15) is 0 Å². The lowest BCUT2D eigenvalue weighted by Crippen LogP contribution is -2.42. The Kier molecular flexibility index (Phi) is 4.50. The van der Waals surface area contributed by atoms with E-state index in [0.29, 0.717) is 16.7 Å². The molecule has 0 bridgehead atoms. The quantitative estimate of drug-likeness (QED) is 0.929. The van der Waals surface area contributed by atoms with Crippen LogP contribution in [-0.4, -0.2) is 26.3 Å². The lowest BCUT2D eigenvalue weighted by molar-refractivity contribution is 0.283. The SMILES string of the molecule is CC(C)C(CNC(C)(C)C)C1CS(=O)(=O)c2ccccc21. The van der Waals surface area contributed by atoms with Crippen LogP contribution in [0, 0.1) is 11.8 Å². The van der Waals surface area contributed by atoms with Crippen LogP contribution >= 0.6 is 0 Å². The highest BCUT2D eigenvalue weighted by molar-refractivity contribution is 7.91. The first kappa shape index (κ1) is 16.5. The van der Waals surface area contributed by atoms with E-state index in [-0.39, 0.29) is 17.2 Å². The van der Waals surface area contributed by atoms with Crippen molar-refractivity contribution in [3.05, 3.63) is 29.8 Å². The maximum atomic E-state index is 12.4. The van der Waals surface area contributed by atoms with Gasteiger partial charge in [-0.15, -0.1) is 0 Å². The topological polar surface area (TPSA) is 46.2 Å². The Morgan fingerprint density at radius 2 is 1.86 bits per heavy atom. The molecule has 2 unspecified atom stereocenters. The van der Waals surface area contributed by atoms with Crippen molar-refractivity contribution in [2.75, 3.05) is 12.3 Å². The van der Waals surface area contributed by atoms with Crippen molar-refractivity contribution >= 4 is 9.84 Å². The molecule has 1 aromatic carbocycles. The van der Waals surface area contributed by atoms with Crippen molar-refractivity contribution in [1.29, 1.82) is 0 Å². The van der Waals surface area contributed by atoms with Crippen molar-refractivity contribution < 1.29 is 8.42 Å². The van der Waals surface area contributed by atoms with Crippen molar-refractivity contribution in [1.82, 2.24) is 5.32 Å². The van der Waals surface area contributed by atoms with Crippen LogP contribution in [0.4, 0.5) is 0 Å². The van der Waals surface area contributed by atoms with E-state index in [2.05, 4.69) is 39.9 Å². The van der Waals surface area contributed by atoms with Gasteiger partial charge in [-0.25, -0.2) is 8.42 Å². The van der Waals surface area contributed by atoms with Gasteiger partial charge < -0.3 is 5.32 Å². The number of sulfone groups is 1. The highest BCUT2D eigenvalue weighted by Gasteiger charge is 2.39. The van der Waals surface area contributed by atoms with Gasteiger partial charge in [0.25, 0.3) is 0 Å². The summed E-state index contributed by atoms with van der Waals surface area (Å²) in [7, 11) is -3.11. The third-order valence-electron chi connectivity index (χ3n) is 4.29. The first-order valence-corrected chi connectivity index (χ1v) is 9.34. The molecule has 0 amide bonds. The number of rotatable bonds is 4. The van der Waals surface area contributed by atoms with Gasteiger partial charge in [-0.3, -0.25) is 0 Å². The van der Waals surface area contributed by atoms with Crippen LogP contribution in [0.25, 0.3) is 0 Å². The summed E-state index contributed by atoms with van der Waals surface area (Å²) < 4.78 is 24.7. The fourth-order valence-electron chi connectivity index (χ4n) is 3.11. The fraction of sp³-hybridized carbons (Fsp3) is 0.647. The normalized spacial score (nSPS) is 22.3. The summed E-state index contributed by atoms with van der Waals surface area (Å²) in [5.74, 6) is 1.11. The van der Waals surface area contributed by atoms with Gasteiger partial charge in [0.15, 0.2) is 9.84 Å². The molecule has 0 saturated carbocycles. The summed E-state index contributed by atoms with van der Waals surface area (Å²) in [4.78, 5) is 0.538. The molecule has 0 radical (unpaired) electrons. The molecule has 1 N–H and O–H groups in total. The van der Waals surface area contributed by atoms with E-state index in [9.17, 15) is 8.42 Å². The van der Waals surface area contributed by atoms with Crippen LogP contribution < -0.4 is 5.32 Å². The van der Waals surface area contributed by atoms with Crippen molar-refractivity contribution in [3.63, 3.8) is 0 Å². The molecule has 3 nitrogen and oxygen atoms in total. The molecule has 4 heteroatoms. The van der Waals surface area contributed by atoms with E-state index < -0.39 is 9.84 Å². The summed E-state index contributed by atoms with van der Waals surface area (Å²) in [6.07, 6.45) is 0. The second-order valence-electron chi connectivity index (χ2n) is 7.46. The second-order valence-corrected chi connectivity index (χ2v) is 9.47. The molecule has 118 valence electrons. The predicted molar refractivity (Wildman–Crippen MR) is 87.3 cm³/mol. The highest BCUT2D eigenvalue weighted by atomic mass is 32.2. The first-order chi connectivity index (χ1) is 9.62. The largest absolute Gasteiger partial charge is 0.312 e. The van der Waals surface area contributed by atoms with Crippen molar-refractivity contribution in [2.24, 2.45) is 11.8 Å². The summed E-state index contributed by atoms with van der Waals surface area (Å²) in [6.45, 7) is 11.6. The monoisotopic (exact) mass is 309 g/mol. The molecule has 0 saturated heterocycles. The number of benzene rings is 1. The van der Waals surface area contributed by atoms with Crippen LogP contribution in [0.5, 0.6) is 0 Å². The Bertz CT molecular complexity index is 599. The van der Waals surface area contributed by atoms with Crippen LogP contribution in [-0.2, 0) is 9.84 Å². The molecule has 1 aromatic rings. The molecule has 0 aliphatic carbocycles. The molecule has 2 atom stereocenters. The third-order valence-corrected chi connectivity index (χ3v) is 6.13. The lowest BCUT2D eigenvalue weighted by atomic mass is 9.80. The molecule has 1 heterocycles. The van der Waals surface area contributed by atoms with E-state index in [0.717, 1.165) is 12.1 Å². The Hall–Kier alpha value is -0.870. The Labute approximate surface area is 129 Å². The fourth-order valence-corrected chi connectivity index (χ4v) is 5.05. The summed E-state index contributed by atoms with van der Waals surface area (Å²) in [6, 6.07) is 7.49. The third kappa shape index (κ3) is 3.67. The maximum absolute atomic E-state index is 12.4. The molecule has 0 aromatic heterocycles. The number of fused-ring (bicyclic) bond motifs is 1. The van der Waals surface area contributed by atoms with E-state index in [1.54, 1.807) is 6.07 Å². The van der Waals surface area contributed by atoms with Crippen LogP contribution in [0.3, 0.4) is 0 Å². The Morgan fingerprint density at radius 3 is 2.43 bits per heavy atom.